The fraction of sp³-hybridized carbons (Fsp3) is 0.545. The van der Waals surface area contributed by atoms with Crippen LogP contribution in [0.2, 0.25) is 0 Å². The molecule has 2 aliphatic heterocycles. The van der Waals surface area contributed by atoms with E-state index >= 15 is 0 Å². The van der Waals surface area contributed by atoms with Crippen molar-refractivity contribution < 1.29 is 4.52 Å². The number of piperazine rings is 1. The third-order valence-corrected chi connectivity index (χ3v) is 3.02. The SMILES string of the molecule is C1=CC(c2nc(N3CCNCC3)no2)CC=N1. The Kier molecular flexibility index (Phi) is 2.87. The zero-order valence-electron chi connectivity index (χ0n) is 9.54. The molecule has 1 unspecified atom stereocenters. The first-order valence-electron chi connectivity index (χ1n) is 5.91. The summed E-state index contributed by atoms with van der Waals surface area (Å²) in [6.45, 7) is 3.81. The molecule has 1 atom stereocenters. The van der Waals surface area contributed by atoms with Crippen molar-refractivity contribution in [3.63, 3.8) is 0 Å². The van der Waals surface area contributed by atoms with E-state index in [1.165, 1.54) is 0 Å². The quantitative estimate of drug-likeness (QED) is 0.808. The van der Waals surface area contributed by atoms with Gasteiger partial charge in [0.2, 0.25) is 5.89 Å². The summed E-state index contributed by atoms with van der Waals surface area (Å²) in [4.78, 5) is 10.6. The lowest BCUT2D eigenvalue weighted by Gasteiger charge is -2.25. The Bertz CT molecular complexity index is 433. The Morgan fingerprint density at radius 3 is 3.00 bits per heavy atom. The van der Waals surface area contributed by atoms with Crippen LogP contribution >= 0.6 is 0 Å². The summed E-state index contributed by atoms with van der Waals surface area (Å²) in [7, 11) is 0. The highest BCUT2D eigenvalue weighted by Crippen LogP contribution is 2.23. The van der Waals surface area contributed by atoms with E-state index in [2.05, 4.69) is 25.3 Å². The minimum absolute atomic E-state index is 0.177. The van der Waals surface area contributed by atoms with Gasteiger partial charge in [-0.1, -0.05) is 6.08 Å². The number of hydrogen-bond donors (Lipinski definition) is 1. The van der Waals surface area contributed by atoms with Crippen molar-refractivity contribution in [3.05, 3.63) is 18.2 Å². The number of aliphatic imine (C=N–C) groups is 1. The van der Waals surface area contributed by atoms with Crippen molar-refractivity contribution in [1.29, 1.82) is 0 Å². The molecule has 0 aliphatic carbocycles. The second-order valence-electron chi connectivity index (χ2n) is 4.19. The summed E-state index contributed by atoms with van der Waals surface area (Å²) >= 11 is 0. The van der Waals surface area contributed by atoms with Gasteiger partial charge in [0.15, 0.2) is 0 Å². The predicted molar refractivity (Wildman–Crippen MR) is 64.4 cm³/mol. The van der Waals surface area contributed by atoms with E-state index < -0.39 is 0 Å². The molecule has 1 aromatic rings. The highest BCUT2D eigenvalue weighted by Gasteiger charge is 2.20. The van der Waals surface area contributed by atoms with Crippen molar-refractivity contribution in [2.45, 2.75) is 12.3 Å². The first-order valence-corrected chi connectivity index (χ1v) is 5.91. The molecule has 0 saturated carbocycles. The smallest absolute Gasteiger partial charge is 0.266 e. The van der Waals surface area contributed by atoms with Gasteiger partial charge in [0.05, 0.1) is 5.92 Å². The van der Waals surface area contributed by atoms with Crippen molar-refractivity contribution >= 4 is 12.2 Å². The van der Waals surface area contributed by atoms with Crippen LogP contribution in [0.25, 0.3) is 0 Å². The third-order valence-electron chi connectivity index (χ3n) is 3.02. The molecule has 6 heteroatoms. The molecule has 1 aromatic heterocycles. The van der Waals surface area contributed by atoms with E-state index in [1.807, 2.05) is 12.3 Å². The largest absolute Gasteiger partial charge is 0.337 e. The summed E-state index contributed by atoms with van der Waals surface area (Å²) in [5, 5.41) is 7.35. The van der Waals surface area contributed by atoms with Gasteiger partial charge in [-0.25, -0.2) is 0 Å². The van der Waals surface area contributed by atoms with Gasteiger partial charge in [-0.05, 0) is 11.6 Å². The molecule has 0 amide bonds. The van der Waals surface area contributed by atoms with Gasteiger partial charge in [-0.3, -0.25) is 4.99 Å². The molecule has 1 fully saturated rings. The minimum atomic E-state index is 0.177. The number of anilines is 1. The number of nitrogens with zero attached hydrogens (tertiary/aromatic N) is 4. The van der Waals surface area contributed by atoms with Gasteiger partial charge in [0.1, 0.15) is 0 Å². The summed E-state index contributed by atoms with van der Waals surface area (Å²) in [5.74, 6) is 1.56. The standard InChI is InChI=1S/C11H15N5O/c1-3-12-4-2-9(1)10-14-11(15-17-10)16-7-5-13-6-8-16/h1,3-4,9,13H,2,5-8H2. The van der Waals surface area contributed by atoms with Gasteiger partial charge >= 0.3 is 0 Å². The number of hydrogen-bond acceptors (Lipinski definition) is 6. The maximum atomic E-state index is 5.32. The first kappa shape index (κ1) is 10.5. The van der Waals surface area contributed by atoms with E-state index in [1.54, 1.807) is 6.20 Å². The second-order valence-corrected chi connectivity index (χ2v) is 4.19. The molecule has 17 heavy (non-hydrogen) atoms. The van der Waals surface area contributed by atoms with Crippen LogP contribution in [0.1, 0.15) is 18.2 Å². The summed E-state index contributed by atoms with van der Waals surface area (Å²) in [6, 6.07) is 0. The van der Waals surface area contributed by atoms with Crippen molar-refractivity contribution in [3.8, 4) is 0 Å². The highest BCUT2D eigenvalue weighted by atomic mass is 16.5. The van der Waals surface area contributed by atoms with Crippen LogP contribution < -0.4 is 10.2 Å². The molecule has 1 N–H and O–H groups in total. The van der Waals surface area contributed by atoms with Crippen molar-refractivity contribution in [2.24, 2.45) is 4.99 Å². The Labute approximate surface area is 99.4 Å². The van der Waals surface area contributed by atoms with Crippen LogP contribution in [0.15, 0.2) is 21.8 Å². The molecule has 3 heterocycles. The lowest BCUT2D eigenvalue weighted by Crippen LogP contribution is -2.44. The second kappa shape index (κ2) is 4.67. The highest BCUT2D eigenvalue weighted by molar-refractivity contribution is 5.61. The molecule has 0 bridgehead atoms. The molecule has 90 valence electrons. The summed E-state index contributed by atoms with van der Waals surface area (Å²) < 4.78 is 5.32. The number of nitrogens with one attached hydrogen (secondary N) is 1. The molecule has 2 aliphatic rings. The molecule has 6 nitrogen and oxygen atoms in total. The van der Waals surface area contributed by atoms with Crippen LogP contribution in [0.3, 0.4) is 0 Å². The normalized spacial score (nSPS) is 24.2. The van der Waals surface area contributed by atoms with E-state index in [9.17, 15) is 0 Å². The van der Waals surface area contributed by atoms with Crippen LogP contribution in [0.5, 0.6) is 0 Å². The molecular formula is C11H15N5O. The zero-order valence-corrected chi connectivity index (χ0v) is 9.54. The van der Waals surface area contributed by atoms with E-state index in [4.69, 9.17) is 4.52 Å². The first-order chi connectivity index (χ1) is 8.43. The van der Waals surface area contributed by atoms with Gasteiger partial charge < -0.3 is 14.7 Å². The molecular weight excluding hydrogens is 218 g/mol. The monoisotopic (exact) mass is 233 g/mol. The van der Waals surface area contributed by atoms with Crippen LogP contribution in [0.4, 0.5) is 5.95 Å². The fourth-order valence-corrected chi connectivity index (χ4v) is 2.02. The van der Waals surface area contributed by atoms with E-state index in [0.717, 1.165) is 32.6 Å². The predicted octanol–water partition coefficient (Wildman–Crippen LogP) is 0.551. The molecule has 0 radical (unpaired) electrons. The van der Waals surface area contributed by atoms with Crippen LogP contribution in [0, 0.1) is 0 Å². The molecule has 1 saturated heterocycles. The van der Waals surface area contributed by atoms with Gasteiger partial charge in [0, 0.05) is 38.6 Å². The van der Waals surface area contributed by atoms with E-state index in [-0.39, 0.29) is 5.92 Å². The summed E-state index contributed by atoms with van der Waals surface area (Å²) in [6.07, 6.45) is 6.48. The average Bonchev–Trinajstić information content (AvgIpc) is 2.90. The Hall–Kier alpha value is -1.69. The molecule has 0 aromatic carbocycles. The van der Waals surface area contributed by atoms with Gasteiger partial charge in [0.25, 0.3) is 5.95 Å². The Balaban J connectivity index is 1.73. The number of allylic oxidation sites excluding steroid dienone is 1. The lowest BCUT2D eigenvalue weighted by atomic mass is 10.1. The van der Waals surface area contributed by atoms with Gasteiger partial charge in [-0.2, -0.15) is 4.98 Å². The maximum absolute atomic E-state index is 5.32. The lowest BCUT2D eigenvalue weighted by molar-refractivity contribution is 0.367. The molecule has 0 spiro atoms. The Morgan fingerprint density at radius 2 is 2.24 bits per heavy atom. The number of aromatic nitrogens is 2. The van der Waals surface area contributed by atoms with Crippen molar-refractivity contribution in [2.75, 3.05) is 31.1 Å². The zero-order chi connectivity index (χ0) is 11.5. The van der Waals surface area contributed by atoms with Crippen molar-refractivity contribution in [1.82, 2.24) is 15.5 Å². The average molecular weight is 233 g/mol. The summed E-state index contributed by atoms with van der Waals surface area (Å²) in [5.41, 5.74) is 0. The van der Waals surface area contributed by atoms with Gasteiger partial charge in [-0.15, -0.1) is 0 Å². The van der Waals surface area contributed by atoms with Crippen LogP contribution in [-0.2, 0) is 0 Å². The fourth-order valence-electron chi connectivity index (χ4n) is 2.02. The number of rotatable bonds is 2. The van der Waals surface area contributed by atoms with Crippen LogP contribution in [-0.4, -0.2) is 42.5 Å². The Morgan fingerprint density at radius 1 is 1.35 bits per heavy atom. The molecule has 3 rings (SSSR count). The topological polar surface area (TPSA) is 66.6 Å². The minimum Gasteiger partial charge on any atom is -0.337 e. The van der Waals surface area contributed by atoms with E-state index in [0.29, 0.717) is 11.8 Å². The maximum Gasteiger partial charge on any atom is 0.266 e. The third kappa shape index (κ3) is 2.21.